The first-order chi connectivity index (χ1) is 10.0. The summed E-state index contributed by atoms with van der Waals surface area (Å²) in [5.41, 5.74) is 3.32. The predicted molar refractivity (Wildman–Crippen MR) is 84.9 cm³/mol. The van der Waals surface area contributed by atoms with Crippen LogP contribution in [0, 0.1) is 13.8 Å². The Balaban J connectivity index is 2.06. The van der Waals surface area contributed by atoms with E-state index in [4.69, 9.17) is 4.74 Å². The Morgan fingerprint density at radius 2 is 1.86 bits per heavy atom. The van der Waals surface area contributed by atoms with Gasteiger partial charge in [-0.25, -0.2) is 0 Å². The molecule has 1 fully saturated rings. The van der Waals surface area contributed by atoms with E-state index in [0.717, 1.165) is 55.2 Å². The van der Waals surface area contributed by atoms with E-state index in [1.165, 1.54) is 0 Å². The van der Waals surface area contributed by atoms with Crippen molar-refractivity contribution in [3.05, 3.63) is 28.8 Å². The zero-order valence-electron chi connectivity index (χ0n) is 13.6. The fraction of sp³-hybridized carbons (Fsp3) is 0.588. The molecule has 1 amide bonds. The standard InChI is InChI=1S/C17H26N2O2/c1-5-18-6-8-19(9-7-18)17(20)12-15-14(3)10-13(2)11-16(15)21-4/h10-11H,5-9,12H2,1-4H3. The lowest BCUT2D eigenvalue weighted by molar-refractivity contribution is -0.132. The van der Waals surface area contributed by atoms with Crippen molar-refractivity contribution in [1.82, 2.24) is 9.80 Å². The van der Waals surface area contributed by atoms with Crippen molar-refractivity contribution in [3.8, 4) is 5.75 Å². The van der Waals surface area contributed by atoms with E-state index in [1.54, 1.807) is 7.11 Å². The minimum atomic E-state index is 0.205. The SMILES string of the molecule is CCN1CCN(C(=O)Cc2c(C)cc(C)cc2OC)CC1. The number of methoxy groups -OCH3 is 1. The molecule has 0 radical (unpaired) electrons. The highest BCUT2D eigenvalue weighted by atomic mass is 16.5. The molecule has 0 saturated carbocycles. The lowest BCUT2D eigenvalue weighted by Gasteiger charge is -2.34. The van der Waals surface area contributed by atoms with E-state index in [-0.39, 0.29) is 5.91 Å². The van der Waals surface area contributed by atoms with Gasteiger partial charge in [0.1, 0.15) is 5.75 Å². The number of aryl methyl sites for hydroxylation is 2. The number of carbonyl (C=O) groups is 1. The van der Waals surface area contributed by atoms with Crippen molar-refractivity contribution in [2.75, 3.05) is 39.8 Å². The molecule has 1 aliphatic rings. The molecule has 116 valence electrons. The van der Waals surface area contributed by atoms with Crippen LogP contribution in [0.5, 0.6) is 5.75 Å². The minimum Gasteiger partial charge on any atom is -0.496 e. The third-order valence-corrected chi connectivity index (χ3v) is 4.30. The fourth-order valence-corrected chi connectivity index (χ4v) is 2.94. The van der Waals surface area contributed by atoms with Crippen molar-refractivity contribution < 1.29 is 9.53 Å². The van der Waals surface area contributed by atoms with E-state index < -0.39 is 0 Å². The number of piperazine rings is 1. The summed E-state index contributed by atoms with van der Waals surface area (Å²) in [5.74, 6) is 1.03. The van der Waals surface area contributed by atoms with Gasteiger partial charge >= 0.3 is 0 Å². The lowest BCUT2D eigenvalue weighted by atomic mass is 10.0. The van der Waals surface area contributed by atoms with Gasteiger partial charge in [0.05, 0.1) is 13.5 Å². The van der Waals surface area contributed by atoms with Gasteiger partial charge in [-0.3, -0.25) is 4.79 Å². The normalized spacial score (nSPS) is 16.1. The van der Waals surface area contributed by atoms with Gasteiger partial charge in [-0.05, 0) is 37.6 Å². The summed E-state index contributed by atoms with van der Waals surface area (Å²) in [5, 5.41) is 0. The third-order valence-electron chi connectivity index (χ3n) is 4.30. The molecule has 21 heavy (non-hydrogen) atoms. The molecule has 0 atom stereocenters. The van der Waals surface area contributed by atoms with Crippen molar-refractivity contribution >= 4 is 5.91 Å². The Morgan fingerprint density at radius 1 is 1.19 bits per heavy atom. The number of hydrogen-bond donors (Lipinski definition) is 0. The molecule has 1 aromatic carbocycles. The molecule has 0 aromatic heterocycles. The summed E-state index contributed by atoms with van der Waals surface area (Å²) < 4.78 is 5.45. The first kappa shape index (κ1) is 15.8. The zero-order chi connectivity index (χ0) is 15.4. The van der Waals surface area contributed by atoms with Gasteiger partial charge < -0.3 is 14.5 Å². The Bertz CT molecular complexity index is 506. The molecule has 1 heterocycles. The molecule has 0 N–H and O–H groups in total. The topological polar surface area (TPSA) is 32.8 Å². The number of ether oxygens (including phenoxy) is 1. The van der Waals surface area contributed by atoms with Crippen LogP contribution in [0.2, 0.25) is 0 Å². The molecule has 1 aliphatic heterocycles. The summed E-state index contributed by atoms with van der Waals surface area (Å²) in [6, 6.07) is 4.12. The Hall–Kier alpha value is -1.55. The first-order valence-electron chi connectivity index (χ1n) is 7.69. The average Bonchev–Trinajstić information content (AvgIpc) is 2.49. The summed E-state index contributed by atoms with van der Waals surface area (Å²) >= 11 is 0. The van der Waals surface area contributed by atoms with Crippen LogP contribution < -0.4 is 4.74 Å². The molecule has 0 unspecified atom stereocenters. The van der Waals surface area contributed by atoms with E-state index in [9.17, 15) is 4.79 Å². The smallest absolute Gasteiger partial charge is 0.227 e. The number of likely N-dealkylation sites (N-methyl/N-ethyl adjacent to an activating group) is 1. The van der Waals surface area contributed by atoms with Crippen molar-refractivity contribution in [2.45, 2.75) is 27.2 Å². The van der Waals surface area contributed by atoms with E-state index in [0.29, 0.717) is 6.42 Å². The highest BCUT2D eigenvalue weighted by molar-refractivity contribution is 5.80. The molecule has 0 aliphatic carbocycles. The summed E-state index contributed by atoms with van der Waals surface area (Å²) in [6.45, 7) is 10.9. The van der Waals surface area contributed by atoms with Crippen molar-refractivity contribution in [2.24, 2.45) is 0 Å². The number of amides is 1. The second-order valence-electron chi connectivity index (χ2n) is 5.75. The molecular formula is C17H26N2O2. The zero-order valence-corrected chi connectivity index (χ0v) is 13.6. The minimum absolute atomic E-state index is 0.205. The first-order valence-corrected chi connectivity index (χ1v) is 7.69. The van der Waals surface area contributed by atoms with Gasteiger partial charge in [-0.15, -0.1) is 0 Å². The lowest BCUT2D eigenvalue weighted by Crippen LogP contribution is -2.48. The van der Waals surface area contributed by atoms with Gasteiger partial charge in [0.2, 0.25) is 5.91 Å². The van der Waals surface area contributed by atoms with Gasteiger partial charge in [0, 0.05) is 31.7 Å². The van der Waals surface area contributed by atoms with Crippen molar-refractivity contribution in [3.63, 3.8) is 0 Å². The molecular weight excluding hydrogens is 264 g/mol. The molecule has 2 rings (SSSR count). The van der Waals surface area contributed by atoms with Crippen LogP contribution in [0.1, 0.15) is 23.6 Å². The third kappa shape index (κ3) is 3.76. The monoisotopic (exact) mass is 290 g/mol. The molecule has 1 aromatic rings. The fourth-order valence-electron chi connectivity index (χ4n) is 2.94. The van der Waals surface area contributed by atoms with Crippen LogP contribution in [-0.4, -0.2) is 55.5 Å². The van der Waals surface area contributed by atoms with Crippen LogP contribution in [-0.2, 0) is 11.2 Å². The second kappa shape index (κ2) is 6.94. The molecule has 0 spiro atoms. The quantitative estimate of drug-likeness (QED) is 0.850. The Morgan fingerprint density at radius 3 is 2.43 bits per heavy atom. The molecule has 0 bridgehead atoms. The number of nitrogens with zero attached hydrogens (tertiary/aromatic N) is 2. The number of rotatable bonds is 4. The van der Waals surface area contributed by atoms with Gasteiger partial charge in [-0.2, -0.15) is 0 Å². The van der Waals surface area contributed by atoms with Crippen LogP contribution in [0.4, 0.5) is 0 Å². The largest absolute Gasteiger partial charge is 0.496 e. The Kier molecular flexibility index (Phi) is 5.23. The number of carbonyl (C=O) groups excluding carboxylic acids is 1. The van der Waals surface area contributed by atoms with Gasteiger partial charge in [0.25, 0.3) is 0 Å². The van der Waals surface area contributed by atoms with E-state index in [2.05, 4.69) is 17.9 Å². The summed E-state index contributed by atoms with van der Waals surface area (Å²) in [4.78, 5) is 16.9. The maximum atomic E-state index is 12.5. The predicted octanol–water partition coefficient (Wildman–Crippen LogP) is 2.02. The number of hydrogen-bond acceptors (Lipinski definition) is 3. The van der Waals surface area contributed by atoms with Crippen LogP contribution in [0.3, 0.4) is 0 Å². The summed E-state index contributed by atoms with van der Waals surface area (Å²) in [6.07, 6.45) is 0.432. The molecule has 4 heteroatoms. The number of benzene rings is 1. The maximum Gasteiger partial charge on any atom is 0.227 e. The van der Waals surface area contributed by atoms with Crippen LogP contribution >= 0.6 is 0 Å². The second-order valence-corrected chi connectivity index (χ2v) is 5.75. The maximum absolute atomic E-state index is 12.5. The summed E-state index contributed by atoms with van der Waals surface area (Å²) in [7, 11) is 1.67. The van der Waals surface area contributed by atoms with Crippen LogP contribution in [0.25, 0.3) is 0 Å². The highest BCUT2D eigenvalue weighted by Crippen LogP contribution is 2.25. The molecule has 4 nitrogen and oxygen atoms in total. The van der Waals surface area contributed by atoms with Crippen molar-refractivity contribution in [1.29, 1.82) is 0 Å². The van der Waals surface area contributed by atoms with Gasteiger partial charge in [-0.1, -0.05) is 13.0 Å². The molecule has 1 saturated heterocycles. The van der Waals surface area contributed by atoms with E-state index >= 15 is 0 Å². The van der Waals surface area contributed by atoms with E-state index in [1.807, 2.05) is 24.8 Å². The van der Waals surface area contributed by atoms with Crippen LogP contribution in [0.15, 0.2) is 12.1 Å². The Labute approximate surface area is 127 Å². The highest BCUT2D eigenvalue weighted by Gasteiger charge is 2.22. The average molecular weight is 290 g/mol. The van der Waals surface area contributed by atoms with Gasteiger partial charge in [0.15, 0.2) is 0 Å².